The second-order valence-electron chi connectivity index (χ2n) is 1.37. The van der Waals surface area contributed by atoms with E-state index in [1.54, 1.807) is 0 Å². The van der Waals surface area contributed by atoms with Gasteiger partial charge in [0.2, 0.25) is 0 Å². The van der Waals surface area contributed by atoms with Crippen LogP contribution in [0.15, 0.2) is 0 Å². The van der Waals surface area contributed by atoms with E-state index in [4.69, 9.17) is 11.6 Å². The van der Waals surface area contributed by atoms with Gasteiger partial charge in [0.15, 0.2) is 11.2 Å². The third kappa shape index (κ3) is 2.41. The molecule has 1 unspecified atom stereocenters. The van der Waals surface area contributed by atoms with Crippen molar-refractivity contribution in [3.05, 3.63) is 0 Å². The summed E-state index contributed by atoms with van der Waals surface area (Å²) in [5.74, 6) is -2.01. The third-order valence-electron chi connectivity index (χ3n) is 0.640. The van der Waals surface area contributed by atoms with Crippen molar-refractivity contribution in [3.63, 3.8) is 0 Å². The fourth-order valence-corrected chi connectivity index (χ4v) is 0.239. The predicted octanol–water partition coefficient (Wildman–Crippen LogP) is 0.611. The Kier molecular flexibility index (Phi) is 3.16. The first-order valence-electron chi connectivity index (χ1n) is 2.06. The first-order chi connectivity index (χ1) is 4.09. The van der Waals surface area contributed by atoms with E-state index in [9.17, 15) is 14.1 Å². The lowest BCUT2D eigenvalue weighted by molar-refractivity contribution is -0.183. The minimum atomic E-state index is -1.52. The Morgan fingerprint density at radius 3 is 2.22 bits per heavy atom. The van der Waals surface area contributed by atoms with Gasteiger partial charge in [0.25, 0.3) is 0 Å². The molecule has 5 heteroatoms. The summed E-state index contributed by atoms with van der Waals surface area (Å²) in [6, 6.07) is 0. The van der Waals surface area contributed by atoms with Crippen LogP contribution in [-0.4, -0.2) is 17.1 Å². The SMILES string of the molecule is CC(=O)C(Cl)C(=O)OF. The van der Waals surface area contributed by atoms with E-state index in [1.165, 1.54) is 0 Å². The Morgan fingerprint density at radius 2 is 2.11 bits per heavy atom. The van der Waals surface area contributed by atoms with E-state index < -0.39 is 17.1 Å². The maximum atomic E-state index is 10.9. The highest BCUT2D eigenvalue weighted by atomic mass is 35.5. The Labute approximate surface area is 55.6 Å². The predicted molar refractivity (Wildman–Crippen MR) is 27.5 cm³/mol. The lowest BCUT2D eigenvalue weighted by atomic mass is 10.3. The molecule has 0 N–H and O–H groups in total. The van der Waals surface area contributed by atoms with Gasteiger partial charge in [-0.15, -0.1) is 11.6 Å². The van der Waals surface area contributed by atoms with Crippen molar-refractivity contribution in [3.8, 4) is 0 Å². The molecule has 1 atom stereocenters. The van der Waals surface area contributed by atoms with Gasteiger partial charge < -0.3 is 0 Å². The molecule has 0 fully saturated rings. The van der Waals surface area contributed by atoms with E-state index in [0.29, 0.717) is 0 Å². The van der Waals surface area contributed by atoms with Crippen molar-refractivity contribution < 1.29 is 19.1 Å². The summed E-state index contributed by atoms with van der Waals surface area (Å²) in [5, 5.41) is -1.52. The Bertz CT molecular complexity index is 136. The van der Waals surface area contributed by atoms with Crippen LogP contribution in [0.4, 0.5) is 4.53 Å². The molecule has 0 aliphatic heterocycles. The number of ketones is 1. The molecule has 0 heterocycles. The number of alkyl halides is 1. The summed E-state index contributed by atoms with van der Waals surface area (Å²) in [6.07, 6.45) is 0. The standard InChI is InChI=1S/C4H4ClFO3/c1-2(7)3(5)4(8)9-6/h3H,1H3. The van der Waals surface area contributed by atoms with Crippen molar-refractivity contribution in [1.29, 1.82) is 0 Å². The number of hydrogen-bond acceptors (Lipinski definition) is 3. The molecule has 0 radical (unpaired) electrons. The average Bonchev–Trinajstić information content (AvgIpc) is 1.84. The molecule has 0 aromatic heterocycles. The monoisotopic (exact) mass is 154 g/mol. The maximum absolute atomic E-state index is 10.9. The first-order valence-corrected chi connectivity index (χ1v) is 2.50. The smallest absolute Gasteiger partial charge is 0.298 e. The summed E-state index contributed by atoms with van der Waals surface area (Å²) in [6.45, 7) is 1.06. The van der Waals surface area contributed by atoms with Gasteiger partial charge in [0.05, 0.1) is 0 Å². The zero-order chi connectivity index (χ0) is 7.44. The number of carbonyl (C=O) groups excluding carboxylic acids is 2. The van der Waals surface area contributed by atoms with Crippen molar-refractivity contribution in [1.82, 2.24) is 0 Å². The quantitative estimate of drug-likeness (QED) is 0.432. The van der Waals surface area contributed by atoms with Crippen LogP contribution < -0.4 is 0 Å². The van der Waals surface area contributed by atoms with Crippen LogP contribution in [0.25, 0.3) is 0 Å². The van der Waals surface area contributed by atoms with E-state index in [-0.39, 0.29) is 0 Å². The summed E-state index contributed by atoms with van der Waals surface area (Å²) in [4.78, 5) is 22.8. The third-order valence-corrected chi connectivity index (χ3v) is 1.13. The molecule has 0 aliphatic carbocycles. The highest BCUT2D eigenvalue weighted by Crippen LogP contribution is 1.99. The summed E-state index contributed by atoms with van der Waals surface area (Å²) in [5.41, 5.74) is 0. The fraction of sp³-hybridized carbons (Fsp3) is 0.500. The lowest BCUT2D eigenvalue weighted by Crippen LogP contribution is -2.22. The number of halogens is 2. The first kappa shape index (κ1) is 8.36. The minimum Gasteiger partial charge on any atom is -0.298 e. The van der Waals surface area contributed by atoms with E-state index in [2.05, 4.69) is 4.94 Å². The zero-order valence-corrected chi connectivity index (χ0v) is 5.31. The molecule has 0 bridgehead atoms. The van der Waals surface area contributed by atoms with Gasteiger partial charge in [0.1, 0.15) is 0 Å². The van der Waals surface area contributed by atoms with Gasteiger partial charge in [-0.05, 0) is 6.92 Å². The van der Waals surface area contributed by atoms with Crippen LogP contribution in [0, 0.1) is 0 Å². The molecule has 0 amide bonds. The molecule has 0 aromatic carbocycles. The van der Waals surface area contributed by atoms with Crippen LogP contribution in [0.5, 0.6) is 0 Å². The topological polar surface area (TPSA) is 43.4 Å². The van der Waals surface area contributed by atoms with E-state index in [0.717, 1.165) is 6.92 Å². The number of carbonyl (C=O) groups is 2. The van der Waals surface area contributed by atoms with Crippen LogP contribution in [0.1, 0.15) is 6.92 Å². The van der Waals surface area contributed by atoms with Gasteiger partial charge in [-0.3, -0.25) is 9.74 Å². The largest absolute Gasteiger partial charge is 0.373 e. The molecule has 52 valence electrons. The summed E-state index contributed by atoms with van der Waals surface area (Å²) >= 11 is 5.00. The fourth-order valence-electron chi connectivity index (χ4n) is 0.205. The number of hydrogen-bond donors (Lipinski definition) is 0. The second kappa shape index (κ2) is 3.40. The molecule has 0 aromatic rings. The van der Waals surface area contributed by atoms with Crippen molar-refractivity contribution in [2.24, 2.45) is 0 Å². The Balaban J connectivity index is 3.88. The van der Waals surface area contributed by atoms with Crippen LogP contribution >= 0.6 is 11.6 Å². The molecule has 0 saturated carbocycles. The average molecular weight is 155 g/mol. The lowest BCUT2D eigenvalue weighted by Gasteiger charge is -1.95. The van der Waals surface area contributed by atoms with Crippen LogP contribution in [-0.2, 0) is 14.5 Å². The maximum Gasteiger partial charge on any atom is 0.373 e. The van der Waals surface area contributed by atoms with Gasteiger partial charge in [-0.2, -0.15) is 0 Å². The van der Waals surface area contributed by atoms with Crippen LogP contribution in [0.2, 0.25) is 0 Å². The molecule has 9 heavy (non-hydrogen) atoms. The number of Topliss-reactive ketones (excluding diaryl/α,β-unsaturated/α-hetero) is 1. The molecular weight excluding hydrogens is 150 g/mol. The molecule has 0 spiro atoms. The van der Waals surface area contributed by atoms with Crippen molar-refractivity contribution >= 4 is 23.4 Å². The van der Waals surface area contributed by atoms with E-state index >= 15 is 0 Å². The highest BCUT2D eigenvalue weighted by molar-refractivity contribution is 6.40. The molecule has 0 aliphatic rings. The second-order valence-corrected chi connectivity index (χ2v) is 1.81. The molecule has 0 saturated heterocycles. The number of rotatable bonds is 2. The molecular formula is C4H4ClFO3. The van der Waals surface area contributed by atoms with Gasteiger partial charge >= 0.3 is 5.97 Å². The normalized spacial score (nSPS) is 12.3. The molecule has 0 rings (SSSR count). The highest BCUT2D eigenvalue weighted by Gasteiger charge is 2.22. The summed E-state index contributed by atoms with van der Waals surface area (Å²) < 4.78 is 10.9. The zero-order valence-electron chi connectivity index (χ0n) is 4.56. The van der Waals surface area contributed by atoms with Crippen molar-refractivity contribution in [2.45, 2.75) is 12.3 Å². The summed E-state index contributed by atoms with van der Waals surface area (Å²) in [7, 11) is 0. The Hall–Kier alpha value is -0.640. The molecule has 3 nitrogen and oxygen atoms in total. The Morgan fingerprint density at radius 1 is 1.67 bits per heavy atom. The van der Waals surface area contributed by atoms with Gasteiger partial charge in [-0.1, -0.05) is 0 Å². The van der Waals surface area contributed by atoms with Crippen LogP contribution in [0.3, 0.4) is 0 Å². The van der Waals surface area contributed by atoms with E-state index in [1.807, 2.05) is 0 Å². The van der Waals surface area contributed by atoms with Crippen molar-refractivity contribution in [2.75, 3.05) is 0 Å². The van der Waals surface area contributed by atoms with Gasteiger partial charge in [0, 0.05) is 4.53 Å². The minimum absolute atomic E-state index is 0.640. The van der Waals surface area contributed by atoms with Gasteiger partial charge in [-0.25, -0.2) is 4.79 Å².